The number of aryl methyl sites for hydroxylation is 1. The van der Waals surface area contributed by atoms with E-state index in [2.05, 4.69) is 22.2 Å². The normalized spacial score (nSPS) is 19.2. The molecule has 1 heterocycles. The summed E-state index contributed by atoms with van der Waals surface area (Å²) < 4.78 is 0. The number of carbonyl (C=O) groups is 1. The van der Waals surface area contributed by atoms with Crippen molar-refractivity contribution in [2.24, 2.45) is 0 Å². The highest BCUT2D eigenvalue weighted by atomic mass is 32.1. The Kier molecular flexibility index (Phi) is 4.45. The van der Waals surface area contributed by atoms with Crippen LogP contribution in [0.2, 0.25) is 0 Å². The number of hydrogen-bond donors (Lipinski definition) is 3. The second-order valence-corrected chi connectivity index (χ2v) is 6.60. The van der Waals surface area contributed by atoms with E-state index in [1.807, 2.05) is 24.3 Å². The molecule has 1 unspecified atom stereocenters. The lowest BCUT2D eigenvalue weighted by atomic mass is 9.96. The monoisotopic (exact) mass is 329 g/mol. The number of hydrogen-bond acceptors (Lipinski definition) is 5. The van der Waals surface area contributed by atoms with E-state index in [1.54, 1.807) is 6.08 Å². The third-order valence-corrected chi connectivity index (χ3v) is 4.95. The molecule has 0 saturated carbocycles. The summed E-state index contributed by atoms with van der Waals surface area (Å²) in [5, 5.41) is 17.4. The van der Waals surface area contributed by atoms with Crippen LogP contribution in [0.15, 0.2) is 43.1 Å². The minimum absolute atomic E-state index is 0.205. The van der Waals surface area contributed by atoms with Gasteiger partial charge in [-0.25, -0.2) is 4.98 Å². The molecule has 0 aliphatic heterocycles. The molecule has 6 heteroatoms. The second kappa shape index (κ2) is 6.52. The summed E-state index contributed by atoms with van der Waals surface area (Å²) in [6.45, 7) is 4.43. The number of aromatic nitrogens is 1. The molecular formula is C17H19N3O2S. The summed E-state index contributed by atoms with van der Waals surface area (Å²) in [6.07, 6.45) is 4.73. The van der Waals surface area contributed by atoms with E-state index in [4.69, 9.17) is 0 Å². The fourth-order valence-electron chi connectivity index (χ4n) is 2.79. The van der Waals surface area contributed by atoms with Gasteiger partial charge in [0.15, 0.2) is 5.13 Å². The van der Waals surface area contributed by atoms with Gasteiger partial charge in [0.05, 0.1) is 12.7 Å². The first-order valence-electron chi connectivity index (χ1n) is 7.52. The molecule has 0 bridgehead atoms. The third kappa shape index (κ3) is 3.28. The number of anilines is 1. The second-order valence-electron chi connectivity index (χ2n) is 5.57. The predicted octanol–water partition coefficient (Wildman–Crippen LogP) is 2.30. The fourth-order valence-corrected chi connectivity index (χ4v) is 3.53. The highest BCUT2D eigenvalue weighted by molar-refractivity contribution is 7.17. The van der Waals surface area contributed by atoms with Gasteiger partial charge in [0.2, 0.25) is 0 Å². The quantitative estimate of drug-likeness (QED) is 0.711. The van der Waals surface area contributed by atoms with Crippen molar-refractivity contribution in [1.29, 1.82) is 0 Å². The number of benzene rings is 1. The Balaban J connectivity index is 1.63. The molecule has 120 valence electrons. The SMILES string of the molecule is C=CCNc1ncc(C(=O)NCC2(O)CCc3ccccc32)s1. The number of nitrogens with one attached hydrogen (secondary N) is 2. The smallest absolute Gasteiger partial charge is 0.263 e. The van der Waals surface area contributed by atoms with Crippen LogP contribution in [0.3, 0.4) is 0 Å². The van der Waals surface area contributed by atoms with Gasteiger partial charge < -0.3 is 15.7 Å². The van der Waals surface area contributed by atoms with E-state index in [-0.39, 0.29) is 12.5 Å². The Morgan fingerprint density at radius 1 is 1.48 bits per heavy atom. The number of rotatable bonds is 6. The molecule has 0 fully saturated rings. The maximum Gasteiger partial charge on any atom is 0.263 e. The van der Waals surface area contributed by atoms with Crippen LogP contribution in [-0.4, -0.2) is 29.1 Å². The van der Waals surface area contributed by atoms with Gasteiger partial charge in [0.1, 0.15) is 10.5 Å². The molecule has 0 saturated heterocycles. The average molecular weight is 329 g/mol. The van der Waals surface area contributed by atoms with Crippen LogP contribution >= 0.6 is 11.3 Å². The molecule has 23 heavy (non-hydrogen) atoms. The highest BCUT2D eigenvalue weighted by Gasteiger charge is 2.36. The van der Waals surface area contributed by atoms with Crippen LogP contribution in [0, 0.1) is 0 Å². The van der Waals surface area contributed by atoms with Gasteiger partial charge in [-0.05, 0) is 24.0 Å². The van der Waals surface area contributed by atoms with E-state index >= 15 is 0 Å². The van der Waals surface area contributed by atoms with Crippen LogP contribution in [0.5, 0.6) is 0 Å². The van der Waals surface area contributed by atoms with E-state index in [0.717, 1.165) is 17.5 Å². The van der Waals surface area contributed by atoms with E-state index < -0.39 is 5.60 Å². The summed E-state index contributed by atoms with van der Waals surface area (Å²) in [4.78, 5) is 16.9. The lowest BCUT2D eigenvalue weighted by Gasteiger charge is -2.24. The summed E-state index contributed by atoms with van der Waals surface area (Å²) in [7, 11) is 0. The fraction of sp³-hybridized carbons (Fsp3) is 0.294. The standard InChI is InChI=1S/C17H19N3O2S/c1-2-9-18-16-19-10-14(23-16)15(21)20-11-17(22)8-7-12-5-3-4-6-13(12)17/h2-6,10,22H,1,7-9,11H2,(H,18,19)(H,20,21). The van der Waals surface area contributed by atoms with Crippen LogP contribution < -0.4 is 10.6 Å². The summed E-state index contributed by atoms with van der Waals surface area (Å²) in [6, 6.07) is 7.84. The number of nitrogens with zero attached hydrogens (tertiary/aromatic N) is 1. The molecule has 1 aromatic carbocycles. The van der Waals surface area contributed by atoms with Crippen LogP contribution in [0.4, 0.5) is 5.13 Å². The molecule has 3 N–H and O–H groups in total. The molecule has 0 radical (unpaired) electrons. The zero-order chi connectivity index (χ0) is 16.3. The van der Waals surface area contributed by atoms with Gasteiger partial charge in [0.25, 0.3) is 5.91 Å². The Morgan fingerprint density at radius 2 is 2.30 bits per heavy atom. The maximum atomic E-state index is 12.2. The van der Waals surface area contributed by atoms with Crippen molar-refractivity contribution in [3.8, 4) is 0 Å². The first-order valence-corrected chi connectivity index (χ1v) is 8.33. The van der Waals surface area contributed by atoms with Gasteiger partial charge in [-0.15, -0.1) is 6.58 Å². The molecule has 1 amide bonds. The van der Waals surface area contributed by atoms with Crippen molar-refractivity contribution in [3.63, 3.8) is 0 Å². The van der Waals surface area contributed by atoms with Gasteiger partial charge in [0, 0.05) is 6.54 Å². The molecule has 1 aliphatic carbocycles. The number of thiazole rings is 1. The first-order chi connectivity index (χ1) is 11.1. The molecular weight excluding hydrogens is 310 g/mol. The third-order valence-electron chi connectivity index (χ3n) is 4.00. The largest absolute Gasteiger partial charge is 0.383 e. The van der Waals surface area contributed by atoms with Crippen molar-refractivity contribution in [1.82, 2.24) is 10.3 Å². The van der Waals surface area contributed by atoms with Gasteiger partial charge in [-0.3, -0.25) is 4.79 Å². The number of aliphatic hydroxyl groups is 1. The zero-order valence-electron chi connectivity index (χ0n) is 12.7. The Hall–Kier alpha value is -2.18. The first kappa shape index (κ1) is 15.7. The van der Waals surface area contributed by atoms with Crippen molar-refractivity contribution >= 4 is 22.4 Å². The number of carbonyl (C=O) groups excluding carboxylic acids is 1. The van der Waals surface area contributed by atoms with E-state index in [1.165, 1.54) is 17.5 Å². The molecule has 1 aromatic heterocycles. The molecule has 2 aromatic rings. The predicted molar refractivity (Wildman–Crippen MR) is 91.8 cm³/mol. The number of amides is 1. The van der Waals surface area contributed by atoms with Crippen molar-refractivity contribution in [2.75, 3.05) is 18.4 Å². The van der Waals surface area contributed by atoms with E-state index in [9.17, 15) is 9.90 Å². The Labute approximate surface area is 139 Å². The molecule has 5 nitrogen and oxygen atoms in total. The number of fused-ring (bicyclic) bond motifs is 1. The topological polar surface area (TPSA) is 74.2 Å². The van der Waals surface area contributed by atoms with Gasteiger partial charge in [-0.1, -0.05) is 41.7 Å². The van der Waals surface area contributed by atoms with Crippen molar-refractivity contribution in [3.05, 3.63) is 59.1 Å². The average Bonchev–Trinajstić information content (AvgIpc) is 3.17. The zero-order valence-corrected chi connectivity index (χ0v) is 13.5. The summed E-state index contributed by atoms with van der Waals surface area (Å²) in [5.74, 6) is -0.216. The highest BCUT2D eigenvalue weighted by Crippen LogP contribution is 2.36. The van der Waals surface area contributed by atoms with Crippen molar-refractivity contribution in [2.45, 2.75) is 18.4 Å². The van der Waals surface area contributed by atoms with Crippen molar-refractivity contribution < 1.29 is 9.90 Å². The van der Waals surface area contributed by atoms with Gasteiger partial charge >= 0.3 is 0 Å². The van der Waals surface area contributed by atoms with Crippen LogP contribution in [-0.2, 0) is 12.0 Å². The van der Waals surface area contributed by atoms with E-state index in [0.29, 0.717) is 23.0 Å². The lowest BCUT2D eigenvalue weighted by molar-refractivity contribution is 0.0370. The maximum absolute atomic E-state index is 12.2. The van der Waals surface area contributed by atoms with Crippen LogP contribution in [0.1, 0.15) is 27.2 Å². The van der Waals surface area contributed by atoms with Gasteiger partial charge in [-0.2, -0.15) is 0 Å². The Morgan fingerprint density at radius 3 is 3.13 bits per heavy atom. The lowest BCUT2D eigenvalue weighted by Crippen LogP contribution is -2.39. The van der Waals surface area contributed by atoms with Crippen LogP contribution in [0.25, 0.3) is 0 Å². The summed E-state index contributed by atoms with van der Waals surface area (Å²) >= 11 is 1.28. The minimum atomic E-state index is -0.985. The molecule has 1 aliphatic rings. The molecule has 3 rings (SSSR count). The minimum Gasteiger partial charge on any atom is -0.383 e. The summed E-state index contributed by atoms with van der Waals surface area (Å²) in [5.41, 5.74) is 1.08. The Bertz CT molecular complexity index is 728. The molecule has 1 atom stereocenters. The molecule has 0 spiro atoms.